The maximum atomic E-state index is 13.5. The van der Waals surface area contributed by atoms with Gasteiger partial charge in [-0.05, 0) is 42.0 Å². The van der Waals surface area contributed by atoms with E-state index in [9.17, 15) is 22.8 Å². The van der Waals surface area contributed by atoms with Gasteiger partial charge in [0.05, 0.1) is 25.1 Å². The van der Waals surface area contributed by atoms with Gasteiger partial charge in [0.25, 0.3) is 0 Å². The van der Waals surface area contributed by atoms with Crippen molar-refractivity contribution in [3.8, 4) is 5.75 Å². The van der Waals surface area contributed by atoms with E-state index in [1.54, 1.807) is 56.6 Å². The predicted octanol–water partition coefficient (Wildman–Crippen LogP) is 1.92. The number of likely N-dealkylation sites (N-methyl/N-ethyl adjacent to an activating group) is 1. The molecule has 0 aromatic heterocycles. The van der Waals surface area contributed by atoms with Crippen LogP contribution in [0.2, 0.25) is 0 Å². The first kappa shape index (κ1) is 28.8. The van der Waals surface area contributed by atoms with Crippen LogP contribution in [0.3, 0.4) is 0 Å². The predicted molar refractivity (Wildman–Crippen MR) is 150 cm³/mol. The second-order valence-corrected chi connectivity index (χ2v) is 11.3. The highest BCUT2D eigenvalue weighted by Crippen LogP contribution is 2.20. The fourth-order valence-corrected chi connectivity index (χ4v) is 5.83. The minimum absolute atomic E-state index is 0.0569. The van der Waals surface area contributed by atoms with Crippen LogP contribution in [-0.4, -0.2) is 81.7 Å². The van der Waals surface area contributed by atoms with E-state index in [1.807, 2.05) is 30.3 Å². The van der Waals surface area contributed by atoms with Crippen molar-refractivity contribution in [3.63, 3.8) is 0 Å². The largest absolute Gasteiger partial charge is 0.497 e. The molecule has 40 heavy (non-hydrogen) atoms. The van der Waals surface area contributed by atoms with Crippen LogP contribution in [-0.2, 0) is 30.8 Å². The first-order valence-corrected chi connectivity index (χ1v) is 14.2. The van der Waals surface area contributed by atoms with Gasteiger partial charge in [0.1, 0.15) is 11.8 Å². The van der Waals surface area contributed by atoms with Crippen LogP contribution >= 0.6 is 0 Å². The first-order chi connectivity index (χ1) is 19.2. The van der Waals surface area contributed by atoms with E-state index in [2.05, 4.69) is 5.32 Å². The second-order valence-electron chi connectivity index (χ2n) is 9.37. The molecule has 3 amide bonds. The van der Waals surface area contributed by atoms with Crippen molar-refractivity contribution in [1.29, 1.82) is 0 Å². The average molecular weight is 565 g/mol. The molecular formula is C29H32N4O6S. The normalized spacial score (nSPS) is 14.8. The van der Waals surface area contributed by atoms with Gasteiger partial charge >= 0.3 is 0 Å². The Balaban J connectivity index is 1.42. The van der Waals surface area contributed by atoms with Gasteiger partial charge in [0.2, 0.25) is 27.7 Å². The molecule has 0 radical (unpaired) electrons. The molecule has 1 N–H and O–H groups in total. The van der Waals surface area contributed by atoms with Crippen LogP contribution in [0.25, 0.3) is 0 Å². The number of carbonyl (C=O) groups is 3. The number of hydrogen-bond acceptors (Lipinski definition) is 6. The third-order valence-electron chi connectivity index (χ3n) is 6.71. The van der Waals surface area contributed by atoms with E-state index in [0.29, 0.717) is 11.4 Å². The van der Waals surface area contributed by atoms with Gasteiger partial charge in [-0.2, -0.15) is 4.31 Å². The van der Waals surface area contributed by atoms with E-state index in [4.69, 9.17) is 4.74 Å². The number of nitrogens with one attached hydrogen (secondary N) is 1. The standard InChI is InChI=1S/C29H32N4O6S/c1-31(23-13-15-24(39-2)16-14-23)29(36)26(19-22-9-5-3-6-10-22)30-27(34)20-32-17-18-33(21-28(32)35)40(37,38)25-11-7-4-8-12-25/h3-16,26H,17-21H2,1-2H3,(H,30,34). The zero-order chi connectivity index (χ0) is 28.7. The molecule has 3 aromatic carbocycles. The second kappa shape index (κ2) is 12.8. The minimum atomic E-state index is -3.82. The van der Waals surface area contributed by atoms with Gasteiger partial charge in [-0.25, -0.2) is 8.42 Å². The van der Waals surface area contributed by atoms with Crippen molar-refractivity contribution in [2.45, 2.75) is 17.4 Å². The number of amides is 3. The molecule has 1 atom stereocenters. The zero-order valence-corrected chi connectivity index (χ0v) is 23.2. The summed E-state index contributed by atoms with van der Waals surface area (Å²) in [6.45, 7) is -0.538. The third kappa shape index (κ3) is 6.85. The minimum Gasteiger partial charge on any atom is -0.497 e. The van der Waals surface area contributed by atoms with Crippen molar-refractivity contribution < 1.29 is 27.5 Å². The quantitative estimate of drug-likeness (QED) is 0.402. The molecule has 1 unspecified atom stereocenters. The van der Waals surface area contributed by atoms with Gasteiger partial charge in [-0.3, -0.25) is 14.4 Å². The van der Waals surface area contributed by atoms with E-state index < -0.39 is 27.9 Å². The zero-order valence-electron chi connectivity index (χ0n) is 22.4. The molecule has 10 nitrogen and oxygen atoms in total. The molecule has 0 aliphatic carbocycles. The van der Waals surface area contributed by atoms with Crippen molar-refractivity contribution in [3.05, 3.63) is 90.5 Å². The van der Waals surface area contributed by atoms with Crippen LogP contribution in [0.5, 0.6) is 5.75 Å². The highest BCUT2D eigenvalue weighted by molar-refractivity contribution is 7.89. The van der Waals surface area contributed by atoms with Crippen molar-refractivity contribution in [2.24, 2.45) is 0 Å². The summed E-state index contributed by atoms with van der Waals surface area (Å²) >= 11 is 0. The highest BCUT2D eigenvalue weighted by atomic mass is 32.2. The van der Waals surface area contributed by atoms with Crippen LogP contribution in [0, 0.1) is 0 Å². The van der Waals surface area contributed by atoms with Crippen LogP contribution in [0.15, 0.2) is 89.8 Å². The number of rotatable bonds is 10. The molecule has 1 aliphatic heterocycles. The summed E-state index contributed by atoms with van der Waals surface area (Å²) in [4.78, 5) is 42.3. The third-order valence-corrected chi connectivity index (χ3v) is 8.56. The van der Waals surface area contributed by atoms with E-state index >= 15 is 0 Å². The van der Waals surface area contributed by atoms with Crippen LogP contribution in [0.1, 0.15) is 5.56 Å². The number of hydrogen-bond donors (Lipinski definition) is 1. The average Bonchev–Trinajstić information content (AvgIpc) is 2.98. The summed E-state index contributed by atoms with van der Waals surface area (Å²) in [5, 5.41) is 2.79. The molecule has 1 heterocycles. The first-order valence-electron chi connectivity index (χ1n) is 12.8. The van der Waals surface area contributed by atoms with Crippen molar-refractivity contribution >= 4 is 33.4 Å². The lowest BCUT2D eigenvalue weighted by Crippen LogP contribution is -2.56. The Hall–Kier alpha value is -4.22. The maximum Gasteiger partial charge on any atom is 0.249 e. The molecule has 1 aliphatic rings. The Kier molecular flexibility index (Phi) is 9.18. The fraction of sp³-hybridized carbons (Fsp3) is 0.276. The molecule has 4 rings (SSSR count). The molecule has 0 spiro atoms. The molecule has 210 valence electrons. The molecule has 1 saturated heterocycles. The lowest BCUT2D eigenvalue weighted by molar-refractivity contribution is -0.139. The molecule has 1 fully saturated rings. The summed E-state index contributed by atoms with van der Waals surface area (Å²) in [5.41, 5.74) is 1.49. The Morgan fingerprint density at radius 1 is 0.950 bits per heavy atom. The van der Waals surface area contributed by atoms with Crippen LogP contribution < -0.4 is 15.0 Å². The Labute approximate surface area is 234 Å². The number of methoxy groups -OCH3 is 1. The smallest absolute Gasteiger partial charge is 0.249 e. The van der Waals surface area contributed by atoms with E-state index in [1.165, 1.54) is 21.9 Å². The maximum absolute atomic E-state index is 13.5. The lowest BCUT2D eigenvalue weighted by atomic mass is 10.0. The van der Waals surface area contributed by atoms with Crippen LogP contribution in [0.4, 0.5) is 5.69 Å². The number of anilines is 1. The summed E-state index contributed by atoms with van der Waals surface area (Å²) < 4.78 is 32.1. The van der Waals surface area contributed by atoms with Crippen molar-refractivity contribution in [1.82, 2.24) is 14.5 Å². The molecule has 3 aromatic rings. The van der Waals surface area contributed by atoms with Gasteiger partial charge < -0.3 is 19.9 Å². The fourth-order valence-electron chi connectivity index (χ4n) is 4.43. The van der Waals surface area contributed by atoms with Gasteiger partial charge in [-0.15, -0.1) is 0 Å². The number of ether oxygens (including phenoxy) is 1. The number of benzene rings is 3. The molecular weight excluding hydrogens is 532 g/mol. The summed E-state index contributed by atoms with van der Waals surface area (Å²) in [6, 6.07) is 23.3. The summed E-state index contributed by atoms with van der Waals surface area (Å²) in [7, 11) is -0.638. The molecule has 11 heteroatoms. The Morgan fingerprint density at radius 2 is 1.57 bits per heavy atom. The SMILES string of the molecule is COc1ccc(N(C)C(=O)C(Cc2ccccc2)NC(=O)CN2CCN(S(=O)(=O)c3ccccc3)CC2=O)cc1. The monoisotopic (exact) mass is 564 g/mol. The van der Waals surface area contributed by atoms with Gasteiger partial charge in [0.15, 0.2) is 0 Å². The molecule has 0 saturated carbocycles. The van der Waals surface area contributed by atoms with E-state index in [-0.39, 0.29) is 43.4 Å². The summed E-state index contributed by atoms with van der Waals surface area (Å²) in [5.74, 6) is -0.667. The van der Waals surface area contributed by atoms with E-state index in [0.717, 1.165) is 9.87 Å². The van der Waals surface area contributed by atoms with Gasteiger partial charge in [0, 0.05) is 32.2 Å². The molecule has 0 bridgehead atoms. The number of piperazine rings is 1. The highest BCUT2D eigenvalue weighted by Gasteiger charge is 2.34. The van der Waals surface area contributed by atoms with Gasteiger partial charge in [-0.1, -0.05) is 48.5 Å². The summed E-state index contributed by atoms with van der Waals surface area (Å²) in [6.07, 6.45) is 0.253. The lowest BCUT2D eigenvalue weighted by Gasteiger charge is -2.33. The Morgan fingerprint density at radius 3 is 2.17 bits per heavy atom. The number of sulfonamides is 1. The topological polar surface area (TPSA) is 116 Å². The number of nitrogens with zero attached hydrogens (tertiary/aromatic N) is 3. The Bertz CT molecular complexity index is 1430. The van der Waals surface area contributed by atoms with Crippen molar-refractivity contribution in [2.75, 3.05) is 45.2 Å². The number of carbonyl (C=O) groups excluding carboxylic acids is 3.